The Kier molecular flexibility index (Phi) is 6.73. The van der Waals surface area contributed by atoms with Gasteiger partial charge in [-0.1, -0.05) is 0 Å². The van der Waals surface area contributed by atoms with Gasteiger partial charge in [-0.15, -0.1) is 13.2 Å². The number of hydrogen-bond donors (Lipinski definition) is 0. The molecule has 0 aliphatic carbocycles. The number of nitrogens with zero attached hydrogens (tertiary/aromatic N) is 2. The number of carbonyl (C=O) groups excluding carboxylic acids is 1. The zero-order chi connectivity index (χ0) is 21.1. The van der Waals surface area contributed by atoms with Crippen molar-refractivity contribution >= 4 is 5.91 Å². The number of carbonyl (C=O) groups is 1. The van der Waals surface area contributed by atoms with Crippen LogP contribution in [-0.4, -0.2) is 68.0 Å². The fourth-order valence-corrected chi connectivity index (χ4v) is 4.26. The highest BCUT2D eigenvalue weighted by atomic mass is 19.4. The van der Waals surface area contributed by atoms with Crippen LogP contribution in [0.3, 0.4) is 0 Å². The SMILES string of the molecule is CN(C)CCC1CCOC2(CCN(C(=O)c3ccc(OC(F)(F)F)cc3)CC2)C1. The third kappa shape index (κ3) is 6.09. The summed E-state index contributed by atoms with van der Waals surface area (Å²) in [6.45, 7) is 3.03. The molecular formula is C21H29F3N2O3. The fraction of sp³-hybridized carbons (Fsp3) is 0.667. The first kappa shape index (κ1) is 21.9. The van der Waals surface area contributed by atoms with Crippen LogP contribution in [0.15, 0.2) is 24.3 Å². The summed E-state index contributed by atoms with van der Waals surface area (Å²) in [5.74, 6) is 0.152. The molecule has 1 amide bonds. The minimum absolute atomic E-state index is 0.142. The summed E-state index contributed by atoms with van der Waals surface area (Å²) < 4.78 is 46.8. The third-order valence-electron chi connectivity index (χ3n) is 5.88. The summed E-state index contributed by atoms with van der Waals surface area (Å²) in [5.41, 5.74) is 0.222. The van der Waals surface area contributed by atoms with E-state index in [9.17, 15) is 18.0 Å². The molecule has 162 valence electrons. The second kappa shape index (κ2) is 8.92. The van der Waals surface area contributed by atoms with Crippen LogP contribution in [0.1, 0.15) is 42.5 Å². The number of halogens is 3. The van der Waals surface area contributed by atoms with Crippen molar-refractivity contribution in [2.24, 2.45) is 5.92 Å². The van der Waals surface area contributed by atoms with Gasteiger partial charge in [0.25, 0.3) is 5.91 Å². The summed E-state index contributed by atoms with van der Waals surface area (Å²) in [7, 11) is 4.17. The van der Waals surface area contributed by atoms with Gasteiger partial charge in [0.05, 0.1) is 5.60 Å². The lowest BCUT2D eigenvalue weighted by Gasteiger charge is -2.46. The van der Waals surface area contributed by atoms with Gasteiger partial charge in [0.15, 0.2) is 0 Å². The maximum atomic E-state index is 12.7. The minimum Gasteiger partial charge on any atom is -0.406 e. The maximum absolute atomic E-state index is 12.7. The van der Waals surface area contributed by atoms with E-state index in [0.717, 1.165) is 45.3 Å². The van der Waals surface area contributed by atoms with Gasteiger partial charge >= 0.3 is 6.36 Å². The normalized spacial score (nSPS) is 22.1. The van der Waals surface area contributed by atoms with Gasteiger partial charge in [-0.05, 0) is 82.9 Å². The molecule has 2 fully saturated rings. The van der Waals surface area contributed by atoms with Crippen LogP contribution < -0.4 is 4.74 Å². The van der Waals surface area contributed by atoms with E-state index in [4.69, 9.17) is 4.74 Å². The molecule has 2 aliphatic heterocycles. The Morgan fingerprint density at radius 3 is 2.48 bits per heavy atom. The van der Waals surface area contributed by atoms with Crippen molar-refractivity contribution in [2.45, 2.75) is 44.1 Å². The predicted molar refractivity (Wildman–Crippen MR) is 103 cm³/mol. The van der Waals surface area contributed by atoms with E-state index in [-0.39, 0.29) is 17.3 Å². The second-order valence-electron chi connectivity index (χ2n) is 8.35. The summed E-state index contributed by atoms with van der Waals surface area (Å²) in [6, 6.07) is 5.10. The van der Waals surface area contributed by atoms with Crippen LogP contribution in [-0.2, 0) is 4.74 Å². The number of likely N-dealkylation sites (tertiary alicyclic amines) is 1. The lowest BCUT2D eigenvalue weighted by Crippen LogP contribution is -2.51. The van der Waals surface area contributed by atoms with Crippen molar-refractivity contribution in [3.05, 3.63) is 29.8 Å². The lowest BCUT2D eigenvalue weighted by molar-refractivity contribution is -0.274. The molecule has 29 heavy (non-hydrogen) atoms. The summed E-state index contributed by atoms with van der Waals surface area (Å²) in [6.07, 6.45) is 0.139. The molecule has 1 aromatic rings. The summed E-state index contributed by atoms with van der Waals surface area (Å²) >= 11 is 0. The molecule has 1 aromatic carbocycles. The average Bonchev–Trinajstić information content (AvgIpc) is 2.66. The lowest BCUT2D eigenvalue weighted by atomic mass is 9.78. The van der Waals surface area contributed by atoms with Crippen LogP contribution in [0.4, 0.5) is 13.2 Å². The number of benzene rings is 1. The molecule has 0 radical (unpaired) electrons. The van der Waals surface area contributed by atoms with Crippen LogP contribution in [0.5, 0.6) is 5.75 Å². The number of piperidine rings is 1. The topological polar surface area (TPSA) is 42.0 Å². The van der Waals surface area contributed by atoms with Crippen LogP contribution in [0.2, 0.25) is 0 Å². The number of hydrogen-bond acceptors (Lipinski definition) is 4. The van der Waals surface area contributed by atoms with Crippen molar-refractivity contribution in [3.63, 3.8) is 0 Å². The highest BCUT2D eigenvalue weighted by molar-refractivity contribution is 5.94. The largest absolute Gasteiger partial charge is 0.573 e. The molecule has 8 heteroatoms. The Morgan fingerprint density at radius 2 is 1.90 bits per heavy atom. The van der Waals surface area contributed by atoms with E-state index in [1.807, 2.05) is 0 Å². The Hall–Kier alpha value is -1.80. The van der Waals surface area contributed by atoms with E-state index < -0.39 is 6.36 Å². The van der Waals surface area contributed by atoms with Gasteiger partial charge in [0, 0.05) is 25.3 Å². The Balaban J connectivity index is 1.54. The third-order valence-corrected chi connectivity index (χ3v) is 5.88. The van der Waals surface area contributed by atoms with Gasteiger partial charge < -0.3 is 19.3 Å². The van der Waals surface area contributed by atoms with Crippen molar-refractivity contribution in [2.75, 3.05) is 40.3 Å². The fourth-order valence-electron chi connectivity index (χ4n) is 4.26. The zero-order valence-electron chi connectivity index (χ0n) is 17.0. The van der Waals surface area contributed by atoms with E-state index in [1.54, 1.807) is 4.90 Å². The predicted octanol–water partition coefficient (Wildman–Crippen LogP) is 3.94. The molecule has 1 atom stereocenters. The Bertz CT molecular complexity index is 683. The van der Waals surface area contributed by atoms with E-state index in [0.29, 0.717) is 24.6 Å². The van der Waals surface area contributed by atoms with Gasteiger partial charge in [-0.3, -0.25) is 4.79 Å². The maximum Gasteiger partial charge on any atom is 0.573 e. The van der Waals surface area contributed by atoms with Gasteiger partial charge in [0.2, 0.25) is 0 Å². The summed E-state index contributed by atoms with van der Waals surface area (Å²) in [5, 5.41) is 0. The molecule has 0 aromatic heterocycles. The molecule has 2 heterocycles. The molecule has 2 aliphatic rings. The Labute approximate surface area is 169 Å². The molecular weight excluding hydrogens is 385 g/mol. The standard InChI is InChI=1S/C21H29F3N2O3/c1-25(2)11-7-16-8-14-28-20(15-16)9-12-26(13-10-20)19(27)17-3-5-18(6-4-17)29-21(22,23)24/h3-6,16H,7-15H2,1-2H3. The highest BCUT2D eigenvalue weighted by Gasteiger charge is 2.41. The zero-order valence-corrected chi connectivity index (χ0v) is 17.0. The Morgan fingerprint density at radius 1 is 1.24 bits per heavy atom. The molecule has 1 unspecified atom stereocenters. The summed E-state index contributed by atoms with van der Waals surface area (Å²) in [4.78, 5) is 16.7. The molecule has 0 N–H and O–H groups in total. The van der Waals surface area contributed by atoms with E-state index in [2.05, 4.69) is 23.7 Å². The highest BCUT2D eigenvalue weighted by Crippen LogP contribution is 2.39. The smallest absolute Gasteiger partial charge is 0.406 e. The minimum atomic E-state index is -4.74. The monoisotopic (exact) mass is 414 g/mol. The van der Waals surface area contributed by atoms with Crippen molar-refractivity contribution in [1.82, 2.24) is 9.80 Å². The molecule has 5 nitrogen and oxygen atoms in total. The number of rotatable bonds is 5. The van der Waals surface area contributed by atoms with Gasteiger partial charge in [-0.2, -0.15) is 0 Å². The molecule has 0 saturated carbocycles. The first-order chi connectivity index (χ1) is 13.7. The van der Waals surface area contributed by atoms with Crippen LogP contribution in [0.25, 0.3) is 0 Å². The van der Waals surface area contributed by atoms with Gasteiger partial charge in [0.1, 0.15) is 5.75 Å². The van der Waals surface area contributed by atoms with Gasteiger partial charge in [-0.25, -0.2) is 0 Å². The number of alkyl halides is 3. The quantitative estimate of drug-likeness (QED) is 0.732. The van der Waals surface area contributed by atoms with Crippen LogP contribution in [0, 0.1) is 5.92 Å². The van der Waals surface area contributed by atoms with Crippen LogP contribution >= 0.6 is 0 Å². The van der Waals surface area contributed by atoms with Crippen molar-refractivity contribution < 1.29 is 27.4 Å². The number of ether oxygens (including phenoxy) is 2. The first-order valence-electron chi connectivity index (χ1n) is 10.1. The van der Waals surface area contributed by atoms with E-state index >= 15 is 0 Å². The van der Waals surface area contributed by atoms with Crippen molar-refractivity contribution in [1.29, 1.82) is 0 Å². The molecule has 3 rings (SSSR count). The first-order valence-corrected chi connectivity index (χ1v) is 10.1. The molecule has 1 spiro atoms. The number of amides is 1. The average molecular weight is 414 g/mol. The molecule has 2 saturated heterocycles. The molecule has 0 bridgehead atoms. The van der Waals surface area contributed by atoms with Crippen molar-refractivity contribution in [3.8, 4) is 5.75 Å². The second-order valence-corrected chi connectivity index (χ2v) is 8.35. The van der Waals surface area contributed by atoms with E-state index in [1.165, 1.54) is 24.3 Å².